The second-order valence-electron chi connectivity index (χ2n) is 5.56. The van der Waals surface area contributed by atoms with Crippen molar-refractivity contribution in [3.63, 3.8) is 0 Å². The number of hydrogen-bond donors (Lipinski definition) is 2. The Balaban J connectivity index is 2.04. The molecular weight excluding hydrogens is 266 g/mol. The van der Waals surface area contributed by atoms with Gasteiger partial charge in [-0.25, -0.2) is 4.98 Å². The van der Waals surface area contributed by atoms with E-state index in [1.165, 1.54) is 0 Å². The van der Waals surface area contributed by atoms with Gasteiger partial charge in [0.05, 0.1) is 18.1 Å². The standard InChI is InChI=1S/C16H19N3O2/c1-16(2,9-8-15(20)21)19-14-11-17-13(10-18-14)12-6-4-3-5-7-12/h3-7,10-11H,8-9H2,1-2H3,(H,18,19)(H,20,21). The van der Waals surface area contributed by atoms with Crippen molar-refractivity contribution in [3.8, 4) is 11.3 Å². The molecule has 2 N–H and O–H groups in total. The lowest BCUT2D eigenvalue weighted by atomic mass is 9.98. The molecule has 2 rings (SSSR count). The summed E-state index contributed by atoms with van der Waals surface area (Å²) in [5.41, 5.74) is 1.48. The van der Waals surface area contributed by atoms with Crippen LogP contribution in [0.2, 0.25) is 0 Å². The van der Waals surface area contributed by atoms with Gasteiger partial charge in [-0.15, -0.1) is 0 Å². The van der Waals surface area contributed by atoms with Crippen molar-refractivity contribution in [3.05, 3.63) is 42.7 Å². The molecule has 5 nitrogen and oxygen atoms in total. The third kappa shape index (κ3) is 4.56. The fourth-order valence-electron chi connectivity index (χ4n) is 1.98. The molecule has 0 amide bonds. The summed E-state index contributed by atoms with van der Waals surface area (Å²) >= 11 is 0. The molecule has 0 aliphatic carbocycles. The third-order valence-electron chi connectivity index (χ3n) is 3.15. The Kier molecular flexibility index (Phi) is 4.52. The number of carbonyl (C=O) groups is 1. The first-order chi connectivity index (χ1) is 9.96. The van der Waals surface area contributed by atoms with Gasteiger partial charge in [0.1, 0.15) is 5.82 Å². The summed E-state index contributed by atoms with van der Waals surface area (Å²) in [7, 11) is 0. The van der Waals surface area contributed by atoms with Crippen LogP contribution in [-0.4, -0.2) is 26.6 Å². The second-order valence-corrected chi connectivity index (χ2v) is 5.56. The van der Waals surface area contributed by atoms with Crippen molar-refractivity contribution < 1.29 is 9.90 Å². The van der Waals surface area contributed by atoms with E-state index in [0.29, 0.717) is 12.2 Å². The first-order valence-corrected chi connectivity index (χ1v) is 6.84. The van der Waals surface area contributed by atoms with E-state index in [1.54, 1.807) is 12.4 Å². The summed E-state index contributed by atoms with van der Waals surface area (Å²) in [4.78, 5) is 19.4. The van der Waals surface area contributed by atoms with Crippen LogP contribution >= 0.6 is 0 Å². The largest absolute Gasteiger partial charge is 0.481 e. The predicted molar refractivity (Wildman–Crippen MR) is 82.0 cm³/mol. The number of anilines is 1. The van der Waals surface area contributed by atoms with E-state index in [9.17, 15) is 4.79 Å². The minimum absolute atomic E-state index is 0.121. The van der Waals surface area contributed by atoms with Crippen LogP contribution in [0.25, 0.3) is 11.3 Å². The number of benzene rings is 1. The van der Waals surface area contributed by atoms with Gasteiger partial charge in [-0.05, 0) is 20.3 Å². The lowest BCUT2D eigenvalue weighted by Gasteiger charge is -2.26. The number of aliphatic carboxylic acids is 1. The Hall–Kier alpha value is -2.43. The van der Waals surface area contributed by atoms with Gasteiger partial charge >= 0.3 is 5.97 Å². The maximum atomic E-state index is 10.6. The molecule has 1 aromatic heterocycles. The zero-order valence-electron chi connectivity index (χ0n) is 12.2. The summed E-state index contributed by atoms with van der Waals surface area (Å²) in [5, 5.41) is 12.0. The van der Waals surface area contributed by atoms with Crippen LogP contribution in [0, 0.1) is 0 Å². The lowest BCUT2D eigenvalue weighted by molar-refractivity contribution is -0.137. The molecule has 0 unspecified atom stereocenters. The third-order valence-corrected chi connectivity index (χ3v) is 3.15. The molecule has 5 heteroatoms. The molecule has 110 valence electrons. The number of carboxylic acid groups (broad SMARTS) is 1. The molecule has 21 heavy (non-hydrogen) atoms. The Labute approximate surface area is 124 Å². The van der Waals surface area contributed by atoms with Crippen LogP contribution in [0.4, 0.5) is 5.82 Å². The van der Waals surface area contributed by atoms with Crippen LogP contribution in [0.5, 0.6) is 0 Å². The molecule has 0 bridgehead atoms. The highest BCUT2D eigenvalue weighted by Crippen LogP contribution is 2.20. The summed E-state index contributed by atoms with van der Waals surface area (Å²) in [6, 6.07) is 9.83. The Morgan fingerprint density at radius 1 is 1.19 bits per heavy atom. The molecule has 0 atom stereocenters. The van der Waals surface area contributed by atoms with Gasteiger partial charge in [0.2, 0.25) is 0 Å². The maximum absolute atomic E-state index is 10.6. The van der Waals surface area contributed by atoms with Crippen LogP contribution in [0.3, 0.4) is 0 Å². The summed E-state index contributed by atoms with van der Waals surface area (Å²) in [6.45, 7) is 3.89. The van der Waals surface area contributed by atoms with Gasteiger partial charge in [-0.1, -0.05) is 30.3 Å². The average molecular weight is 285 g/mol. The number of nitrogens with zero attached hydrogens (tertiary/aromatic N) is 2. The monoisotopic (exact) mass is 285 g/mol. The van der Waals surface area contributed by atoms with E-state index in [1.807, 2.05) is 44.2 Å². The van der Waals surface area contributed by atoms with E-state index in [4.69, 9.17) is 5.11 Å². The van der Waals surface area contributed by atoms with E-state index in [2.05, 4.69) is 15.3 Å². The van der Waals surface area contributed by atoms with E-state index >= 15 is 0 Å². The summed E-state index contributed by atoms with van der Waals surface area (Å²) in [5.74, 6) is -0.152. The van der Waals surface area contributed by atoms with Crippen molar-refractivity contribution in [1.29, 1.82) is 0 Å². The molecule has 0 spiro atoms. The normalized spacial score (nSPS) is 11.1. The number of aromatic nitrogens is 2. The van der Waals surface area contributed by atoms with E-state index in [-0.39, 0.29) is 12.0 Å². The molecule has 0 aliphatic heterocycles. The molecule has 1 heterocycles. The van der Waals surface area contributed by atoms with Gasteiger partial charge < -0.3 is 10.4 Å². The Morgan fingerprint density at radius 2 is 1.90 bits per heavy atom. The topological polar surface area (TPSA) is 75.1 Å². The van der Waals surface area contributed by atoms with Crippen molar-refractivity contribution >= 4 is 11.8 Å². The van der Waals surface area contributed by atoms with Crippen molar-refractivity contribution in [1.82, 2.24) is 9.97 Å². The van der Waals surface area contributed by atoms with Gasteiger partial charge in [-0.3, -0.25) is 9.78 Å². The van der Waals surface area contributed by atoms with Crippen LogP contribution in [-0.2, 0) is 4.79 Å². The number of nitrogens with one attached hydrogen (secondary N) is 1. The highest BCUT2D eigenvalue weighted by molar-refractivity contribution is 5.67. The molecule has 2 aromatic rings. The van der Waals surface area contributed by atoms with Gasteiger partial charge in [0.15, 0.2) is 0 Å². The summed E-state index contributed by atoms with van der Waals surface area (Å²) in [6.07, 6.45) is 4.02. The fraction of sp³-hybridized carbons (Fsp3) is 0.312. The lowest BCUT2D eigenvalue weighted by Crippen LogP contribution is -2.32. The van der Waals surface area contributed by atoms with Crippen molar-refractivity contribution in [2.24, 2.45) is 0 Å². The zero-order chi connectivity index (χ0) is 15.3. The molecule has 0 radical (unpaired) electrons. The van der Waals surface area contributed by atoms with Crippen molar-refractivity contribution in [2.45, 2.75) is 32.2 Å². The van der Waals surface area contributed by atoms with Crippen LogP contribution in [0.15, 0.2) is 42.7 Å². The average Bonchev–Trinajstić information content (AvgIpc) is 2.47. The predicted octanol–water partition coefficient (Wildman–Crippen LogP) is 3.20. The zero-order valence-corrected chi connectivity index (χ0v) is 12.2. The molecule has 1 aromatic carbocycles. The molecule has 0 fully saturated rings. The molecule has 0 saturated heterocycles. The smallest absolute Gasteiger partial charge is 0.303 e. The van der Waals surface area contributed by atoms with E-state index < -0.39 is 5.97 Å². The summed E-state index contributed by atoms with van der Waals surface area (Å²) < 4.78 is 0. The minimum Gasteiger partial charge on any atom is -0.481 e. The quantitative estimate of drug-likeness (QED) is 0.852. The van der Waals surface area contributed by atoms with Gasteiger partial charge in [0.25, 0.3) is 0 Å². The van der Waals surface area contributed by atoms with Crippen LogP contribution < -0.4 is 5.32 Å². The SMILES string of the molecule is CC(C)(CCC(=O)O)Nc1cnc(-c2ccccc2)cn1. The Morgan fingerprint density at radius 3 is 2.48 bits per heavy atom. The van der Waals surface area contributed by atoms with Crippen molar-refractivity contribution in [2.75, 3.05) is 5.32 Å². The number of rotatable bonds is 6. The maximum Gasteiger partial charge on any atom is 0.303 e. The molecular formula is C16H19N3O2. The number of hydrogen-bond acceptors (Lipinski definition) is 4. The molecule has 0 saturated carbocycles. The van der Waals surface area contributed by atoms with E-state index in [0.717, 1.165) is 11.3 Å². The molecule has 0 aliphatic rings. The van der Waals surface area contributed by atoms with Gasteiger partial charge in [-0.2, -0.15) is 0 Å². The second kappa shape index (κ2) is 6.35. The highest BCUT2D eigenvalue weighted by atomic mass is 16.4. The first-order valence-electron chi connectivity index (χ1n) is 6.84. The minimum atomic E-state index is -0.796. The Bertz CT molecular complexity index is 595. The fourth-order valence-corrected chi connectivity index (χ4v) is 1.98. The van der Waals surface area contributed by atoms with Crippen LogP contribution in [0.1, 0.15) is 26.7 Å². The highest BCUT2D eigenvalue weighted by Gasteiger charge is 2.19. The van der Waals surface area contributed by atoms with Gasteiger partial charge in [0, 0.05) is 17.5 Å². The first kappa shape index (κ1) is 15.0. The number of carboxylic acids is 1.